The fourth-order valence-electron chi connectivity index (χ4n) is 2.09. The lowest BCUT2D eigenvalue weighted by atomic mass is 9.80. The van der Waals surface area contributed by atoms with Crippen molar-refractivity contribution in [2.24, 2.45) is 11.3 Å². The first-order valence-corrected chi connectivity index (χ1v) is 7.23. The number of aliphatic carboxylic acids is 1. The number of carbonyl (C=O) groups is 2. The minimum Gasteiger partial charge on any atom is -0.481 e. The summed E-state index contributed by atoms with van der Waals surface area (Å²) < 4.78 is 0. The molecule has 22 heavy (non-hydrogen) atoms. The topological polar surface area (TPSA) is 90.2 Å². The molecule has 1 amide bonds. The third-order valence-corrected chi connectivity index (χ3v) is 3.71. The molecule has 0 saturated heterocycles. The van der Waals surface area contributed by atoms with Crippen LogP contribution in [-0.4, -0.2) is 23.0 Å². The maximum atomic E-state index is 12.3. The number of carbonyl (C=O) groups excluding carboxylic acids is 1. The summed E-state index contributed by atoms with van der Waals surface area (Å²) in [7, 11) is 0. The average molecular weight is 302 g/mol. The van der Waals surface area contributed by atoms with Gasteiger partial charge in [-0.15, -0.1) is 0 Å². The lowest BCUT2D eigenvalue weighted by Gasteiger charge is -2.32. The molecule has 5 heteroatoms. The molecular formula is C17H22N2O3. The Hall–Kier alpha value is -2.35. The molecule has 0 aliphatic rings. The van der Waals surface area contributed by atoms with Crippen LogP contribution in [0.1, 0.15) is 50.0 Å². The summed E-state index contributed by atoms with van der Waals surface area (Å²) in [5.41, 5.74) is -0.179. The van der Waals surface area contributed by atoms with Gasteiger partial charge in [0.2, 0.25) is 0 Å². The number of benzene rings is 1. The van der Waals surface area contributed by atoms with E-state index in [0.717, 1.165) is 0 Å². The Morgan fingerprint density at radius 2 is 1.82 bits per heavy atom. The van der Waals surface area contributed by atoms with Gasteiger partial charge in [0.1, 0.15) is 0 Å². The minimum atomic E-state index is -1.06. The van der Waals surface area contributed by atoms with Crippen LogP contribution in [-0.2, 0) is 4.79 Å². The number of carboxylic acids is 1. The lowest BCUT2D eigenvalue weighted by molar-refractivity contribution is -0.148. The van der Waals surface area contributed by atoms with Crippen molar-refractivity contribution >= 4 is 11.9 Å². The third kappa shape index (κ3) is 4.32. The molecule has 0 aromatic heterocycles. The normalized spacial score (nSPS) is 12.5. The van der Waals surface area contributed by atoms with Crippen molar-refractivity contribution in [3.05, 3.63) is 35.4 Å². The molecule has 0 radical (unpaired) electrons. The maximum absolute atomic E-state index is 12.3. The summed E-state index contributed by atoms with van der Waals surface area (Å²) in [4.78, 5) is 23.8. The molecule has 0 aliphatic heterocycles. The fourth-order valence-corrected chi connectivity index (χ4v) is 2.09. The molecule has 0 aliphatic carbocycles. The lowest BCUT2D eigenvalue weighted by Crippen LogP contribution is -2.49. The highest BCUT2D eigenvalue weighted by atomic mass is 16.4. The van der Waals surface area contributed by atoms with E-state index in [0.29, 0.717) is 17.5 Å². The van der Waals surface area contributed by atoms with Gasteiger partial charge in [0, 0.05) is 11.6 Å². The van der Waals surface area contributed by atoms with Gasteiger partial charge in [-0.3, -0.25) is 9.59 Å². The van der Waals surface area contributed by atoms with E-state index in [1.54, 1.807) is 38.1 Å². The van der Waals surface area contributed by atoms with Crippen molar-refractivity contribution in [1.29, 1.82) is 5.26 Å². The number of amides is 1. The third-order valence-electron chi connectivity index (χ3n) is 3.71. The van der Waals surface area contributed by atoms with E-state index in [4.69, 9.17) is 5.26 Å². The molecule has 0 heterocycles. The highest BCUT2D eigenvalue weighted by Gasteiger charge is 2.38. The molecule has 5 nitrogen and oxygen atoms in total. The Bertz CT molecular complexity index is 583. The van der Waals surface area contributed by atoms with Gasteiger partial charge in [-0.05, 0) is 50.5 Å². The Labute approximate surface area is 131 Å². The Morgan fingerprint density at radius 3 is 2.23 bits per heavy atom. The molecule has 0 spiro atoms. The van der Waals surface area contributed by atoms with Crippen LogP contribution in [0.3, 0.4) is 0 Å². The van der Waals surface area contributed by atoms with Crippen LogP contribution in [0.5, 0.6) is 0 Å². The van der Waals surface area contributed by atoms with Gasteiger partial charge in [0.15, 0.2) is 0 Å². The van der Waals surface area contributed by atoms with Gasteiger partial charge in [-0.1, -0.05) is 13.8 Å². The van der Waals surface area contributed by atoms with E-state index in [1.807, 2.05) is 19.9 Å². The molecule has 0 bridgehead atoms. The van der Waals surface area contributed by atoms with Gasteiger partial charge in [0.25, 0.3) is 5.91 Å². The Morgan fingerprint density at radius 1 is 1.27 bits per heavy atom. The molecule has 0 unspecified atom stereocenters. The summed E-state index contributed by atoms with van der Waals surface area (Å²) >= 11 is 0. The zero-order valence-electron chi connectivity index (χ0n) is 13.4. The van der Waals surface area contributed by atoms with Crippen molar-refractivity contribution in [2.75, 3.05) is 0 Å². The molecule has 1 aromatic rings. The van der Waals surface area contributed by atoms with Crippen LogP contribution < -0.4 is 5.32 Å². The zero-order chi connectivity index (χ0) is 16.9. The van der Waals surface area contributed by atoms with Gasteiger partial charge in [0.05, 0.1) is 17.0 Å². The SMILES string of the molecule is CC(C)C[C@H](NC(=O)c1ccc(C#N)cc1)C(C)(C)C(=O)O. The average Bonchev–Trinajstić information content (AvgIpc) is 2.45. The largest absolute Gasteiger partial charge is 0.481 e. The van der Waals surface area contributed by atoms with Crippen LogP contribution in [0.2, 0.25) is 0 Å². The first-order chi connectivity index (χ1) is 10.2. The first-order valence-electron chi connectivity index (χ1n) is 7.23. The van der Waals surface area contributed by atoms with E-state index in [9.17, 15) is 14.7 Å². The molecule has 118 valence electrons. The number of carboxylic acid groups (broad SMARTS) is 1. The highest BCUT2D eigenvalue weighted by molar-refractivity contribution is 5.95. The van der Waals surface area contributed by atoms with E-state index in [2.05, 4.69) is 5.32 Å². The summed E-state index contributed by atoms with van der Waals surface area (Å²) in [6, 6.07) is 7.77. The predicted molar refractivity (Wildman–Crippen MR) is 83.3 cm³/mol. The number of nitrogens with one attached hydrogen (secondary N) is 1. The van der Waals surface area contributed by atoms with Crippen molar-refractivity contribution in [3.8, 4) is 6.07 Å². The smallest absolute Gasteiger partial charge is 0.311 e. The second-order valence-electron chi connectivity index (χ2n) is 6.37. The van der Waals surface area contributed by atoms with Crippen LogP contribution in [0.25, 0.3) is 0 Å². The minimum absolute atomic E-state index is 0.255. The summed E-state index contributed by atoms with van der Waals surface area (Å²) in [5, 5.41) is 21.0. The molecule has 1 rings (SSSR count). The summed E-state index contributed by atoms with van der Waals surface area (Å²) in [6.45, 7) is 7.19. The van der Waals surface area contributed by atoms with E-state index in [-0.39, 0.29) is 11.8 Å². The van der Waals surface area contributed by atoms with Gasteiger partial charge in [-0.2, -0.15) is 5.26 Å². The number of hydrogen-bond acceptors (Lipinski definition) is 3. The molecular weight excluding hydrogens is 280 g/mol. The van der Waals surface area contributed by atoms with Crippen molar-refractivity contribution in [1.82, 2.24) is 5.32 Å². The zero-order valence-corrected chi connectivity index (χ0v) is 13.4. The highest BCUT2D eigenvalue weighted by Crippen LogP contribution is 2.26. The number of hydrogen-bond donors (Lipinski definition) is 2. The van der Waals surface area contributed by atoms with E-state index in [1.165, 1.54) is 0 Å². The predicted octanol–water partition coefficient (Wildman–Crippen LogP) is 2.81. The second kappa shape index (κ2) is 7.08. The monoisotopic (exact) mass is 302 g/mol. The van der Waals surface area contributed by atoms with E-state index >= 15 is 0 Å². The molecule has 2 N–H and O–H groups in total. The van der Waals surface area contributed by atoms with Crippen LogP contribution in [0, 0.1) is 22.7 Å². The summed E-state index contributed by atoms with van der Waals surface area (Å²) in [6.07, 6.45) is 0.571. The van der Waals surface area contributed by atoms with Crippen LogP contribution in [0.4, 0.5) is 0 Å². The van der Waals surface area contributed by atoms with Crippen LogP contribution in [0.15, 0.2) is 24.3 Å². The second-order valence-corrected chi connectivity index (χ2v) is 6.37. The van der Waals surface area contributed by atoms with Crippen molar-refractivity contribution in [3.63, 3.8) is 0 Å². The Balaban J connectivity index is 2.95. The van der Waals surface area contributed by atoms with Crippen molar-refractivity contribution < 1.29 is 14.7 Å². The standard InChI is InChI=1S/C17H22N2O3/c1-11(2)9-14(17(3,4)16(21)22)19-15(20)13-7-5-12(10-18)6-8-13/h5-8,11,14H,9H2,1-4H3,(H,19,20)(H,21,22)/t14-/m0/s1. The van der Waals surface area contributed by atoms with Gasteiger partial charge in [-0.25, -0.2) is 0 Å². The van der Waals surface area contributed by atoms with E-state index < -0.39 is 17.4 Å². The summed E-state index contributed by atoms with van der Waals surface area (Å²) in [5.74, 6) is -1.02. The molecule has 0 saturated carbocycles. The molecule has 0 fully saturated rings. The number of nitriles is 1. The number of nitrogens with zero attached hydrogens (tertiary/aromatic N) is 1. The molecule has 1 aromatic carbocycles. The van der Waals surface area contributed by atoms with Crippen molar-refractivity contribution in [2.45, 2.75) is 40.2 Å². The molecule has 1 atom stereocenters. The first kappa shape index (κ1) is 17.7. The van der Waals surface area contributed by atoms with Gasteiger partial charge < -0.3 is 10.4 Å². The van der Waals surface area contributed by atoms with Crippen LogP contribution >= 0.6 is 0 Å². The maximum Gasteiger partial charge on any atom is 0.311 e. The van der Waals surface area contributed by atoms with Gasteiger partial charge >= 0.3 is 5.97 Å². The Kier molecular flexibility index (Phi) is 5.69. The fraction of sp³-hybridized carbons (Fsp3) is 0.471. The quantitative estimate of drug-likeness (QED) is 0.845. The number of rotatable bonds is 6.